The molecule has 2 amide bonds. The summed E-state index contributed by atoms with van der Waals surface area (Å²) in [5.41, 5.74) is 0.0231. The summed E-state index contributed by atoms with van der Waals surface area (Å²) in [6, 6.07) is 8.36. The van der Waals surface area contributed by atoms with Gasteiger partial charge in [-0.1, -0.05) is 34.2 Å². The van der Waals surface area contributed by atoms with Crippen LogP contribution in [-0.4, -0.2) is 36.1 Å². The van der Waals surface area contributed by atoms with E-state index >= 15 is 8.78 Å². The summed E-state index contributed by atoms with van der Waals surface area (Å²) in [6.07, 6.45) is 1.62. The fraction of sp³-hybridized carbons (Fsp3) is 0.269. The lowest BCUT2D eigenvalue weighted by Gasteiger charge is -2.20. The molecule has 2 heterocycles. The molecule has 1 unspecified atom stereocenters. The molecule has 1 aliphatic heterocycles. The first-order valence-electron chi connectivity index (χ1n) is 11.3. The second-order valence-electron chi connectivity index (χ2n) is 8.65. The highest BCUT2D eigenvalue weighted by Crippen LogP contribution is 2.36. The number of aromatic nitrogens is 1. The van der Waals surface area contributed by atoms with Crippen molar-refractivity contribution >= 4 is 51.7 Å². The maximum atomic E-state index is 15.2. The number of halogens is 4. The minimum atomic E-state index is -1.34. The maximum Gasteiger partial charge on any atom is 0.275 e. The van der Waals surface area contributed by atoms with E-state index in [9.17, 15) is 14.4 Å². The monoisotopic (exact) mass is 641 g/mol. The van der Waals surface area contributed by atoms with E-state index in [0.29, 0.717) is 10.6 Å². The van der Waals surface area contributed by atoms with E-state index in [4.69, 9.17) is 16.3 Å². The van der Waals surface area contributed by atoms with Gasteiger partial charge in [0.15, 0.2) is 0 Å². The fourth-order valence-corrected chi connectivity index (χ4v) is 5.02. The van der Waals surface area contributed by atoms with Gasteiger partial charge in [0.1, 0.15) is 29.1 Å². The van der Waals surface area contributed by atoms with Crippen LogP contribution >= 0.6 is 34.2 Å². The lowest BCUT2D eigenvalue weighted by molar-refractivity contribution is -0.118. The Morgan fingerprint density at radius 2 is 1.78 bits per heavy atom. The number of rotatable bonds is 6. The molecule has 0 radical (unpaired) electrons. The van der Waals surface area contributed by atoms with Crippen LogP contribution in [0.3, 0.4) is 0 Å². The van der Waals surface area contributed by atoms with Crippen molar-refractivity contribution < 1.29 is 23.1 Å². The minimum Gasteiger partial charge on any atom is -0.497 e. The number of hydrogen-bond acceptors (Lipinski definition) is 4. The lowest BCUT2D eigenvalue weighted by Crippen LogP contribution is -2.45. The predicted molar refractivity (Wildman–Crippen MR) is 145 cm³/mol. The zero-order chi connectivity index (χ0) is 27.0. The van der Waals surface area contributed by atoms with Gasteiger partial charge in [0.25, 0.3) is 11.5 Å². The number of ether oxygens (including phenoxy) is 1. The summed E-state index contributed by atoms with van der Waals surface area (Å²) in [6.45, 7) is 3.27. The van der Waals surface area contributed by atoms with Crippen LogP contribution in [0.15, 0.2) is 53.5 Å². The number of aryl methyl sites for hydroxylation is 1. The summed E-state index contributed by atoms with van der Waals surface area (Å²) in [4.78, 5) is 41.2. The normalized spacial score (nSPS) is 18.1. The molecule has 194 valence electrons. The third-order valence-electron chi connectivity index (χ3n) is 6.31. The second-order valence-corrected chi connectivity index (χ2v) is 10.9. The molecule has 11 heteroatoms. The average molecular weight is 642 g/mol. The fourth-order valence-electron chi connectivity index (χ4n) is 4.45. The molecule has 4 rings (SSSR count). The summed E-state index contributed by atoms with van der Waals surface area (Å²) in [5.74, 6) is -4.28. The van der Waals surface area contributed by atoms with Crippen molar-refractivity contribution in [3.05, 3.63) is 92.4 Å². The largest absolute Gasteiger partial charge is 0.497 e. The van der Waals surface area contributed by atoms with Gasteiger partial charge in [0.05, 0.1) is 11.2 Å². The molecule has 37 heavy (non-hydrogen) atoms. The topological polar surface area (TPSA) is 80.6 Å². The van der Waals surface area contributed by atoms with Gasteiger partial charge in [-0.2, -0.15) is 0 Å². The van der Waals surface area contributed by atoms with Crippen molar-refractivity contribution in [1.82, 2.24) is 9.88 Å². The number of alkyl halides is 1. The van der Waals surface area contributed by atoms with Gasteiger partial charge < -0.3 is 19.5 Å². The zero-order valence-corrected chi connectivity index (χ0v) is 23.0. The van der Waals surface area contributed by atoms with Gasteiger partial charge in [-0.15, -0.1) is 0 Å². The number of pyridine rings is 1. The van der Waals surface area contributed by atoms with E-state index in [0.717, 1.165) is 12.1 Å². The molecule has 7 nitrogen and oxygen atoms in total. The molecule has 3 atom stereocenters. The number of anilines is 1. The first-order chi connectivity index (χ1) is 17.5. The van der Waals surface area contributed by atoms with Crippen molar-refractivity contribution in [2.75, 3.05) is 18.6 Å². The third-order valence-corrected chi connectivity index (χ3v) is 7.17. The van der Waals surface area contributed by atoms with E-state index in [2.05, 4.69) is 27.9 Å². The van der Waals surface area contributed by atoms with Crippen molar-refractivity contribution in [2.45, 2.75) is 29.9 Å². The molecule has 0 bridgehead atoms. The predicted octanol–water partition coefficient (Wildman–Crippen LogP) is 4.98. The maximum absolute atomic E-state index is 15.2. The summed E-state index contributed by atoms with van der Waals surface area (Å²) in [7, 11) is 1.28. The standard InChI is InChI=1S/C26H23ClF2IN3O4/c1-13-8-9-32(14(2)30)26(36)23(13)33-12-18(21-19(28)10-17(37-3)11-20(21)29)22(25(33)35)31-24(34)15-4-6-16(27)7-5-15/h4-11,14,18,22H,12H2,1-3H3,(H,31,34)/t14?,18-,22-/m0/s1. The van der Waals surface area contributed by atoms with E-state index in [1.165, 1.54) is 40.8 Å². The van der Waals surface area contributed by atoms with Gasteiger partial charge in [0, 0.05) is 46.9 Å². The number of nitrogens with one attached hydrogen (secondary N) is 1. The molecule has 3 aromatic rings. The first-order valence-corrected chi connectivity index (χ1v) is 12.9. The number of carbonyl (C=O) groups excluding carboxylic acids is 2. The Labute approximate surface area is 230 Å². The zero-order valence-electron chi connectivity index (χ0n) is 20.1. The van der Waals surface area contributed by atoms with E-state index < -0.39 is 41.0 Å². The molecule has 1 N–H and O–H groups in total. The lowest BCUT2D eigenvalue weighted by atomic mass is 9.92. The van der Waals surface area contributed by atoms with Crippen molar-refractivity contribution in [3.8, 4) is 5.75 Å². The Hall–Kier alpha value is -2.99. The first kappa shape index (κ1) is 27.1. The minimum absolute atomic E-state index is 0.0282. The number of amides is 2. The van der Waals surface area contributed by atoms with Crippen LogP contribution in [0.5, 0.6) is 5.75 Å². The second kappa shape index (κ2) is 10.8. The van der Waals surface area contributed by atoms with E-state index in [-0.39, 0.29) is 33.2 Å². The molecule has 0 saturated carbocycles. The quantitative estimate of drug-likeness (QED) is 0.304. The summed E-state index contributed by atoms with van der Waals surface area (Å²) >= 11 is 7.98. The molecule has 0 aliphatic carbocycles. The number of methoxy groups -OCH3 is 1. The SMILES string of the molecule is COc1cc(F)c([C@@H]2CN(c3c(C)ccn(C(C)I)c3=O)C(=O)[C@H]2NC(=O)c2ccc(Cl)cc2)c(F)c1. The van der Waals surface area contributed by atoms with Crippen LogP contribution in [0.25, 0.3) is 0 Å². The van der Waals surface area contributed by atoms with Crippen LogP contribution in [0.2, 0.25) is 5.02 Å². The molecule has 1 saturated heterocycles. The van der Waals surface area contributed by atoms with Crippen LogP contribution in [0.4, 0.5) is 14.5 Å². The van der Waals surface area contributed by atoms with E-state index in [1.54, 1.807) is 19.2 Å². The number of carbonyl (C=O) groups is 2. The van der Waals surface area contributed by atoms with Gasteiger partial charge in [-0.3, -0.25) is 14.4 Å². The van der Waals surface area contributed by atoms with Gasteiger partial charge in [-0.25, -0.2) is 8.78 Å². The molecule has 1 fully saturated rings. The molecular formula is C26H23ClF2IN3O4. The highest BCUT2D eigenvalue weighted by Gasteiger charge is 2.46. The Bertz CT molecular complexity index is 1410. The molecular weight excluding hydrogens is 619 g/mol. The highest BCUT2D eigenvalue weighted by atomic mass is 127. The highest BCUT2D eigenvalue weighted by molar-refractivity contribution is 14.1. The van der Waals surface area contributed by atoms with E-state index in [1.807, 2.05) is 6.92 Å². The van der Waals surface area contributed by atoms with Crippen molar-refractivity contribution in [3.63, 3.8) is 0 Å². The Morgan fingerprint density at radius 3 is 2.35 bits per heavy atom. The van der Waals surface area contributed by atoms with Crippen LogP contribution in [0, 0.1) is 18.6 Å². The van der Waals surface area contributed by atoms with Gasteiger partial charge in [0.2, 0.25) is 5.91 Å². The summed E-state index contributed by atoms with van der Waals surface area (Å²) in [5, 5.41) is 3.04. The number of benzene rings is 2. The number of hydrogen-bond donors (Lipinski definition) is 1. The molecule has 0 spiro atoms. The summed E-state index contributed by atoms with van der Waals surface area (Å²) < 4.78 is 36.5. The Balaban J connectivity index is 1.82. The Kier molecular flexibility index (Phi) is 7.88. The van der Waals surface area contributed by atoms with Gasteiger partial charge in [-0.05, 0) is 49.7 Å². The molecule has 1 aromatic heterocycles. The molecule has 2 aromatic carbocycles. The van der Waals surface area contributed by atoms with Gasteiger partial charge >= 0.3 is 0 Å². The van der Waals surface area contributed by atoms with Crippen molar-refractivity contribution in [1.29, 1.82) is 0 Å². The molecule has 1 aliphatic rings. The Morgan fingerprint density at radius 1 is 1.16 bits per heavy atom. The van der Waals surface area contributed by atoms with Crippen LogP contribution in [-0.2, 0) is 4.79 Å². The number of nitrogens with zero attached hydrogens (tertiary/aromatic N) is 2. The average Bonchev–Trinajstić information content (AvgIpc) is 3.14. The smallest absolute Gasteiger partial charge is 0.275 e. The van der Waals surface area contributed by atoms with Crippen LogP contribution < -0.4 is 20.5 Å². The van der Waals surface area contributed by atoms with Crippen LogP contribution in [0.1, 0.15) is 38.4 Å². The third kappa shape index (κ3) is 5.22. The van der Waals surface area contributed by atoms with Crippen molar-refractivity contribution in [2.24, 2.45) is 0 Å².